The molecule has 16 heavy (non-hydrogen) atoms. The molecule has 1 aliphatic heterocycles. The Labute approximate surface area is 98.2 Å². The molecular weight excluding hydrogens is 196 g/mol. The van der Waals surface area contributed by atoms with Gasteiger partial charge in [0.25, 0.3) is 0 Å². The molecule has 88 valence electrons. The molecule has 4 fully saturated rings. The normalized spacial score (nSPS) is 60.7. The van der Waals surface area contributed by atoms with Crippen LogP contribution in [0.15, 0.2) is 12.2 Å². The molecule has 0 amide bonds. The average Bonchev–Trinajstić information content (AvgIpc) is 3.05. The quantitative estimate of drug-likeness (QED) is 0.447. The van der Waals surface area contributed by atoms with E-state index in [9.17, 15) is 0 Å². The molecule has 0 aromatic carbocycles. The van der Waals surface area contributed by atoms with Crippen LogP contribution in [0.1, 0.15) is 46.5 Å². The van der Waals surface area contributed by atoms with Crippen LogP contribution in [-0.4, -0.2) is 12.2 Å². The maximum atomic E-state index is 5.95. The molecule has 0 bridgehead atoms. The highest BCUT2D eigenvalue weighted by atomic mass is 16.6. The van der Waals surface area contributed by atoms with Gasteiger partial charge in [0, 0.05) is 5.41 Å². The summed E-state index contributed by atoms with van der Waals surface area (Å²) in [5.74, 6) is 0.775. The SMILES string of the molecule is C=C1[C@@H]2O[C@@H]2[C@]2(C)CCCC(C)(C)[C@@]23C[C@@H]13. The fraction of sp³-hybridized carbons (Fsp3) is 0.867. The largest absolute Gasteiger partial charge is 0.364 e. The molecule has 0 unspecified atom stereocenters. The average molecular weight is 218 g/mol. The van der Waals surface area contributed by atoms with E-state index in [4.69, 9.17) is 4.74 Å². The second-order valence-corrected chi connectivity index (χ2v) is 7.44. The van der Waals surface area contributed by atoms with Gasteiger partial charge in [0.2, 0.25) is 0 Å². The Bertz CT molecular complexity index is 396. The van der Waals surface area contributed by atoms with E-state index in [1.807, 2.05) is 0 Å². The summed E-state index contributed by atoms with van der Waals surface area (Å²) in [4.78, 5) is 0. The summed E-state index contributed by atoms with van der Waals surface area (Å²) in [7, 11) is 0. The maximum absolute atomic E-state index is 5.95. The van der Waals surface area contributed by atoms with Crippen LogP contribution in [0.4, 0.5) is 0 Å². The molecule has 0 radical (unpaired) electrons. The number of hydrogen-bond acceptors (Lipinski definition) is 1. The molecule has 4 rings (SSSR count). The van der Waals surface area contributed by atoms with Gasteiger partial charge in [-0.2, -0.15) is 0 Å². The Balaban J connectivity index is 1.87. The van der Waals surface area contributed by atoms with Crippen LogP contribution < -0.4 is 0 Å². The van der Waals surface area contributed by atoms with E-state index < -0.39 is 0 Å². The Morgan fingerprint density at radius 1 is 1.25 bits per heavy atom. The fourth-order valence-electron chi connectivity index (χ4n) is 5.68. The highest BCUT2D eigenvalue weighted by Crippen LogP contribution is 2.83. The zero-order valence-electron chi connectivity index (χ0n) is 10.7. The summed E-state index contributed by atoms with van der Waals surface area (Å²) in [6, 6.07) is 0. The van der Waals surface area contributed by atoms with Crippen LogP contribution in [0.25, 0.3) is 0 Å². The number of fused-ring (bicyclic) bond motifs is 2. The topological polar surface area (TPSA) is 12.5 Å². The zero-order chi connectivity index (χ0) is 11.3. The second-order valence-electron chi connectivity index (χ2n) is 7.44. The molecule has 1 heteroatoms. The first-order valence-corrected chi connectivity index (χ1v) is 6.78. The minimum absolute atomic E-state index is 0.430. The van der Waals surface area contributed by atoms with Crippen LogP contribution in [-0.2, 0) is 4.74 Å². The predicted molar refractivity (Wildman–Crippen MR) is 64.1 cm³/mol. The van der Waals surface area contributed by atoms with Crippen LogP contribution in [0.5, 0.6) is 0 Å². The molecule has 1 nitrogen and oxygen atoms in total. The van der Waals surface area contributed by atoms with Crippen molar-refractivity contribution in [3.8, 4) is 0 Å². The molecule has 0 N–H and O–H groups in total. The standard InChI is InChI=1S/C15H22O/c1-9-10-8-15(10)13(2,3)6-5-7-14(15,4)12-11(9)16-12/h10-12H,1,5-8H2,2-4H3/t10-,11-,12-,14-,15-/m0/s1. The van der Waals surface area contributed by atoms with Crippen LogP contribution in [0.3, 0.4) is 0 Å². The molecule has 1 saturated heterocycles. The van der Waals surface area contributed by atoms with Crippen molar-refractivity contribution in [3.05, 3.63) is 12.2 Å². The molecule has 3 saturated carbocycles. The highest BCUT2D eigenvalue weighted by molar-refractivity contribution is 5.40. The predicted octanol–water partition coefficient (Wildman–Crippen LogP) is 3.55. The summed E-state index contributed by atoms with van der Waals surface area (Å²) in [6.07, 6.45) is 6.49. The maximum Gasteiger partial charge on any atom is 0.106 e. The Hall–Kier alpha value is -0.300. The van der Waals surface area contributed by atoms with Crippen LogP contribution in [0, 0.1) is 22.2 Å². The van der Waals surface area contributed by atoms with Gasteiger partial charge in [-0.1, -0.05) is 33.8 Å². The van der Waals surface area contributed by atoms with E-state index >= 15 is 0 Å². The lowest BCUT2D eigenvalue weighted by molar-refractivity contribution is -0.0510. The van der Waals surface area contributed by atoms with Gasteiger partial charge in [0.15, 0.2) is 0 Å². The van der Waals surface area contributed by atoms with Crippen LogP contribution >= 0.6 is 0 Å². The first-order valence-electron chi connectivity index (χ1n) is 6.78. The molecule has 3 aliphatic carbocycles. The molecule has 1 heterocycles. The van der Waals surface area contributed by atoms with E-state index in [1.54, 1.807) is 0 Å². The Kier molecular flexibility index (Phi) is 1.39. The summed E-state index contributed by atoms with van der Waals surface area (Å²) in [5, 5.41) is 0. The lowest BCUT2D eigenvalue weighted by atomic mass is 9.49. The van der Waals surface area contributed by atoms with Gasteiger partial charge in [0.1, 0.15) is 6.10 Å². The minimum atomic E-state index is 0.430. The number of ether oxygens (including phenoxy) is 1. The van der Waals surface area contributed by atoms with Gasteiger partial charge >= 0.3 is 0 Å². The van der Waals surface area contributed by atoms with Crippen molar-refractivity contribution in [2.24, 2.45) is 22.2 Å². The number of rotatable bonds is 0. The van der Waals surface area contributed by atoms with E-state index in [-0.39, 0.29) is 0 Å². The monoisotopic (exact) mass is 218 g/mol. The molecule has 5 atom stereocenters. The lowest BCUT2D eigenvalue weighted by Crippen LogP contribution is -2.51. The smallest absolute Gasteiger partial charge is 0.106 e. The zero-order valence-corrected chi connectivity index (χ0v) is 10.7. The molecule has 1 spiro atoms. The van der Waals surface area contributed by atoms with Gasteiger partial charge in [-0.05, 0) is 41.6 Å². The van der Waals surface area contributed by atoms with E-state index in [1.165, 1.54) is 31.3 Å². The van der Waals surface area contributed by atoms with E-state index in [0.717, 1.165) is 5.92 Å². The summed E-state index contributed by atoms with van der Waals surface area (Å²) < 4.78 is 5.95. The van der Waals surface area contributed by atoms with Crippen molar-refractivity contribution >= 4 is 0 Å². The third-order valence-electron chi connectivity index (χ3n) is 6.62. The molecule has 4 aliphatic rings. The van der Waals surface area contributed by atoms with Gasteiger partial charge in [-0.15, -0.1) is 0 Å². The highest BCUT2D eigenvalue weighted by Gasteiger charge is 2.81. The number of hydrogen-bond donors (Lipinski definition) is 0. The van der Waals surface area contributed by atoms with Crippen molar-refractivity contribution in [1.82, 2.24) is 0 Å². The Morgan fingerprint density at radius 3 is 2.75 bits per heavy atom. The molecular formula is C15H22O. The van der Waals surface area contributed by atoms with Crippen molar-refractivity contribution in [1.29, 1.82) is 0 Å². The minimum Gasteiger partial charge on any atom is -0.364 e. The van der Waals surface area contributed by atoms with Crippen molar-refractivity contribution < 1.29 is 4.74 Å². The van der Waals surface area contributed by atoms with E-state index in [2.05, 4.69) is 27.4 Å². The first kappa shape index (κ1) is 9.70. The summed E-state index contributed by atoms with van der Waals surface area (Å²) in [6.45, 7) is 11.8. The van der Waals surface area contributed by atoms with Gasteiger partial charge in [-0.25, -0.2) is 0 Å². The van der Waals surface area contributed by atoms with Crippen LogP contribution in [0.2, 0.25) is 0 Å². The third kappa shape index (κ3) is 0.739. The molecule has 0 aromatic heterocycles. The van der Waals surface area contributed by atoms with E-state index in [0.29, 0.717) is 28.5 Å². The third-order valence-corrected chi connectivity index (χ3v) is 6.62. The molecule has 0 aromatic rings. The fourth-order valence-corrected chi connectivity index (χ4v) is 5.68. The van der Waals surface area contributed by atoms with Gasteiger partial charge in [0.05, 0.1) is 6.10 Å². The Morgan fingerprint density at radius 2 is 2.00 bits per heavy atom. The van der Waals surface area contributed by atoms with Gasteiger partial charge < -0.3 is 4.74 Å². The summed E-state index contributed by atoms with van der Waals surface area (Å²) >= 11 is 0. The van der Waals surface area contributed by atoms with Crippen molar-refractivity contribution in [2.45, 2.75) is 58.7 Å². The van der Waals surface area contributed by atoms with Gasteiger partial charge in [-0.3, -0.25) is 0 Å². The first-order chi connectivity index (χ1) is 7.44. The van der Waals surface area contributed by atoms with Crippen molar-refractivity contribution in [2.75, 3.05) is 0 Å². The summed E-state index contributed by atoms with van der Waals surface area (Å²) in [5.41, 5.74) is 2.90. The number of epoxide rings is 1. The lowest BCUT2D eigenvalue weighted by Gasteiger charge is -2.54. The second kappa shape index (κ2) is 2.29. The van der Waals surface area contributed by atoms with Crippen molar-refractivity contribution in [3.63, 3.8) is 0 Å².